The normalized spacial score (nSPS) is 17.8. The standard InChI is InChI=1S/C16H17N3O2S/c1-11-2-4-12(5-3-11)10-19-8-6-14(16(19)21)17-15(20)13-7-9-22-18-13/h2-5,7,9,14H,6,8,10H2,1H3,(H,17,20)/t14-/m0/s1. The van der Waals surface area contributed by atoms with Crippen LogP contribution in [0.5, 0.6) is 0 Å². The summed E-state index contributed by atoms with van der Waals surface area (Å²) in [5.41, 5.74) is 2.67. The minimum atomic E-state index is -0.445. The molecule has 1 N–H and O–H groups in total. The molecule has 2 aromatic rings. The van der Waals surface area contributed by atoms with Crippen LogP contribution in [0.1, 0.15) is 28.0 Å². The maximum atomic E-state index is 12.4. The Morgan fingerprint density at radius 1 is 1.36 bits per heavy atom. The Morgan fingerprint density at radius 3 is 2.82 bits per heavy atom. The van der Waals surface area contributed by atoms with E-state index in [0.29, 0.717) is 25.2 Å². The number of aryl methyl sites for hydroxylation is 1. The van der Waals surface area contributed by atoms with Gasteiger partial charge >= 0.3 is 0 Å². The van der Waals surface area contributed by atoms with Gasteiger partial charge in [-0.25, -0.2) is 0 Å². The summed E-state index contributed by atoms with van der Waals surface area (Å²) in [6, 6.07) is 9.35. The average Bonchev–Trinajstić information content (AvgIpc) is 3.15. The van der Waals surface area contributed by atoms with E-state index in [-0.39, 0.29) is 11.8 Å². The molecule has 2 amide bonds. The molecule has 0 unspecified atom stereocenters. The molecule has 3 rings (SSSR count). The number of hydrogen-bond donors (Lipinski definition) is 1. The van der Waals surface area contributed by atoms with Gasteiger partial charge < -0.3 is 10.2 Å². The molecule has 22 heavy (non-hydrogen) atoms. The van der Waals surface area contributed by atoms with Gasteiger partial charge in [0.1, 0.15) is 11.7 Å². The molecule has 2 heterocycles. The van der Waals surface area contributed by atoms with E-state index in [2.05, 4.69) is 9.69 Å². The van der Waals surface area contributed by atoms with Crippen molar-refractivity contribution in [2.24, 2.45) is 0 Å². The fraction of sp³-hybridized carbons (Fsp3) is 0.312. The molecule has 1 aliphatic rings. The van der Waals surface area contributed by atoms with E-state index in [9.17, 15) is 9.59 Å². The molecule has 0 saturated carbocycles. The number of carbonyl (C=O) groups excluding carboxylic acids is 2. The predicted molar refractivity (Wildman–Crippen MR) is 84.6 cm³/mol. The Labute approximate surface area is 133 Å². The Morgan fingerprint density at radius 2 is 2.14 bits per heavy atom. The predicted octanol–water partition coefficient (Wildman–Crippen LogP) is 1.98. The molecular formula is C16H17N3O2S. The highest BCUT2D eigenvalue weighted by Crippen LogP contribution is 2.16. The van der Waals surface area contributed by atoms with E-state index in [0.717, 1.165) is 5.56 Å². The molecule has 1 saturated heterocycles. The Bertz CT molecular complexity index is 667. The van der Waals surface area contributed by atoms with Gasteiger partial charge in [0, 0.05) is 18.5 Å². The number of nitrogens with zero attached hydrogens (tertiary/aromatic N) is 2. The summed E-state index contributed by atoms with van der Waals surface area (Å²) >= 11 is 1.22. The summed E-state index contributed by atoms with van der Waals surface area (Å²) in [5.74, 6) is -0.305. The molecule has 0 spiro atoms. The topological polar surface area (TPSA) is 62.3 Å². The van der Waals surface area contributed by atoms with E-state index in [4.69, 9.17) is 0 Å². The Balaban J connectivity index is 1.60. The van der Waals surface area contributed by atoms with Crippen LogP contribution in [0, 0.1) is 6.92 Å². The van der Waals surface area contributed by atoms with E-state index < -0.39 is 6.04 Å². The lowest BCUT2D eigenvalue weighted by Crippen LogP contribution is -2.41. The van der Waals surface area contributed by atoms with Crippen molar-refractivity contribution in [2.45, 2.75) is 25.9 Å². The zero-order valence-corrected chi connectivity index (χ0v) is 13.1. The van der Waals surface area contributed by atoms with Crippen LogP contribution in [0.2, 0.25) is 0 Å². The van der Waals surface area contributed by atoms with Crippen LogP contribution in [0.25, 0.3) is 0 Å². The lowest BCUT2D eigenvalue weighted by atomic mass is 10.1. The average molecular weight is 315 g/mol. The molecule has 114 valence electrons. The molecule has 1 aliphatic heterocycles. The first-order valence-electron chi connectivity index (χ1n) is 7.19. The molecule has 6 heteroatoms. The molecule has 1 aromatic heterocycles. The van der Waals surface area contributed by atoms with E-state index in [1.807, 2.05) is 31.2 Å². The lowest BCUT2D eigenvalue weighted by Gasteiger charge is -2.17. The maximum absolute atomic E-state index is 12.4. The first-order valence-corrected chi connectivity index (χ1v) is 8.03. The second kappa shape index (κ2) is 6.27. The zero-order valence-electron chi connectivity index (χ0n) is 12.3. The number of benzene rings is 1. The van der Waals surface area contributed by atoms with Gasteiger partial charge in [0.05, 0.1) is 0 Å². The highest BCUT2D eigenvalue weighted by atomic mass is 32.1. The molecule has 0 radical (unpaired) electrons. The Kier molecular flexibility index (Phi) is 4.20. The molecular weight excluding hydrogens is 298 g/mol. The number of rotatable bonds is 4. The second-order valence-corrected chi connectivity index (χ2v) is 6.11. The van der Waals surface area contributed by atoms with Crippen LogP contribution in [0.4, 0.5) is 0 Å². The number of nitrogens with one attached hydrogen (secondary N) is 1. The molecule has 0 bridgehead atoms. The third-order valence-corrected chi connectivity index (χ3v) is 4.33. The van der Waals surface area contributed by atoms with Crippen molar-refractivity contribution in [1.82, 2.24) is 14.6 Å². The van der Waals surface area contributed by atoms with Crippen molar-refractivity contribution >= 4 is 23.3 Å². The number of carbonyl (C=O) groups is 2. The molecule has 1 fully saturated rings. The first-order chi connectivity index (χ1) is 10.6. The van der Waals surface area contributed by atoms with Gasteiger partial charge in [-0.05, 0) is 36.5 Å². The lowest BCUT2D eigenvalue weighted by molar-refractivity contribution is -0.129. The fourth-order valence-electron chi connectivity index (χ4n) is 2.51. The van der Waals surface area contributed by atoms with Gasteiger partial charge in [-0.1, -0.05) is 29.8 Å². The van der Waals surface area contributed by atoms with Crippen LogP contribution < -0.4 is 5.32 Å². The first kappa shape index (κ1) is 14.7. The summed E-state index contributed by atoms with van der Waals surface area (Å²) in [6.45, 7) is 3.28. The quantitative estimate of drug-likeness (QED) is 0.938. The molecule has 1 atom stereocenters. The molecule has 5 nitrogen and oxygen atoms in total. The summed E-state index contributed by atoms with van der Waals surface area (Å²) in [6.07, 6.45) is 0.639. The minimum Gasteiger partial charge on any atom is -0.339 e. The number of aromatic nitrogens is 1. The van der Waals surface area contributed by atoms with Gasteiger partial charge in [-0.2, -0.15) is 4.37 Å². The summed E-state index contributed by atoms with van der Waals surface area (Å²) in [7, 11) is 0. The highest BCUT2D eigenvalue weighted by molar-refractivity contribution is 7.03. The number of hydrogen-bond acceptors (Lipinski definition) is 4. The van der Waals surface area contributed by atoms with Crippen molar-refractivity contribution in [2.75, 3.05) is 6.54 Å². The SMILES string of the molecule is Cc1ccc(CN2CC[C@H](NC(=O)c3ccsn3)C2=O)cc1. The number of amides is 2. The highest BCUT2D eigenvalue weighted by Gasteiger charge is 2.33. The van der Waals surface area contributed by atoms with Gasteiger partial charge in [0.25, 0.3) is 5.91 Å². The third kappa shape index (κ3) is 3.17. The monoisotopic (exact) mass is 315 g/mol. The van der Waals surface area contributed by atoms with Crippen molar-refractivity contribution in [3.05, 3.63) is 52.5 Å². The van der Waals surface area contributed by atoms with Crippen molar-refractivity contribution in [1.29, 1.82) is 0 Å². The molecule has 1 aromatic carbocycles. The maximum Gasteiger partial charge on any atom is 0.271 e. The Hall–Kier alpha value is -2.21. The molecule has 0 aliphatic carbocycles. The van der Waals surface area contributed by atoms with Crippen LogP contribution in [0.3, 0.4) is 0 Å². The van der Waals surface area contributed by atoms with Crippen LogP contribution >= 0.6 is 11.5 Å². The van der Waals surface area contributed by atoms with Gasteiger partial charge in [-0.3, -0.25) is 9.59 Å². The summed E-state index contributed by atoms with van der Waals surface area (Å²) in [4.78, 5) is 26.1. The van der Waals surface area contributed by atoms with Crippen molar-refractivity contribution < 1.29 is 9.59 Å². The van der Waals surface area contributed by atoms with Crippen LogP contribution in [-0.4, -0.2) is 33.7 Å². The van der Waals surface area contributed by atoms with E-state index >= 15 is 0 Å². The van der Waals surface area contributed by atoms with Gasteiger partial charge in [0.2, 0.25) is 5.91 Å². The fourth-order valence-corrected chi connectivity index (χ4v) is 3.01. The largest absolute Gasteiger partial charge is 0.339 e. The summed E-state index contributed by atoms with van der Waals surface area (Å²) in [5, 5.41) is 4.52. The second-order valence-electron chi connectivity index (χ2n) is 5.44. The third-order valence-electron chi connectivity index (χ3n) is 3.77. The van der Waals surface area contributed by atoms with Crippen molar-refractivity contribution in [3.8, 4) is 0 Å². The minimum absolute atomic E-state index is 0.0239. The van der Waals surface area contributed by atoms with Crippen LogP contribution in [-0.2, 0) is 11.3 Å². The zero-order chi connectivity index (χ0) is 15.5. The summed E-state index contributed by atoms with van der Waals surface area (Å²) < 4.78 is 3.98. The van der Waals surface area contributed by atoms with Gasteiger partial charge in [-0.15, -0.1) is 0 Å². The van der Waals surface area contributed by atoms with Crippen LogP contribution in [0.15, 0.2) is 35.7 Å². The van der Waals surface area contributed by atoms with Crippen molar-refractivity contribution in [3.63, 3.8) is 0 Å². The van der Waals surface area contributed by atoms with Gasteiger partial charge in [0.15, 0.2) is 0 Å². The number of likely N-dealkylation sites (tertiary alicyclic amines) is 1. The van der Waals surface area contributed by atoms with E-state index in [1.165, 1.54) is 17.1 Å². The smallest absolute Gasteiger partial charge is 0.271 e. The van der Waals surface area contributed by atoms with E-state index in [1.54, 1.807) is 16.3 Å².